The quantitative estimate of drug-likeness (QED) is 0.430. The molecule has 2 aromatic heterocycles. The molecule has 0 aliphatic heterocycles. The Kier molecular flexibility index (Phi) is 3.81. The fourth-order valence-corrected chi connectivity index (χ4v) is 3.14. The summed E-state index contributed by atoms with van der Waals surface area (Å²) < 4.78 is 6.75. The van der Waals surface area contributed by atoms with Crippen LogP contribution in [0.2, 0.25) is 0 Å². The zero-order valence-corrected chi connectivity index (χ0v) is 14.3. The molecule has 1 aromatic carbocycles. The number of aromatic hydroxyl groups is 1. The van der Waals surface area contributed by atoms with E-state index in [0.29, 0.717) is 0 Å². The molecule has 6 heteroatoms. The number of carbonyl (C=O) groups is 2. The number of para-hydroxylation sites is 1. The topological polar surface area (TPSA) is 88.5 Å². The predicted molar refractivity (Wildman–Crippen MR) is 97.8 cm³/mol. The molecule has 1 aliphatic carbocycles. The van der Waals surface area contributed by atoms with Crippen molar-refractivity contribution in [1.82, 2.24) is 0 Å². The van der Waals surface area contributed by atoms with E-state index >= 15 is 0 Å². The van der Waals surface area contributed by atoms with Crippen molar-refractivity contribution < 1.29 is 23.7 Å². The molecule has 0 bridgehead atoms. The fraction of sp³-hybridized carbons (Fsp3) is 0.0476. The highest BCUT2D eigenvalue weighted by Gasteiger charge is 2.35. The maximum atomic E-state index is 12.6. The molecule has 0 amide bonds. The molecular weight excluding hydrogens is 346 g/mol. The number of nitrogens with zero attached hydrogens (tertiary/aromatic N) is 1. The molecule has 6 nitrogen and oxygen atoms in total. The molecule has 132 valence electrons. The summed E-state index contributed by atoms with van der Waals surface area (Å²) in [5, 5.41) is 11.0. The van der Waals surface area contributed by atoms with Gasteiger partial charge in [0, 0.05) is 11.6 Å². The molecule has 3 aromatic rings. The van der Waals surface area contributed by atoms with Gasteiger partial charge in [0.25, 0.3) is 11.5 Å². The summed E-state index contributed by atoms with van der Waals surface area (Å²) in [5.74, 6) is -1.40. The number of pyridine rings is 1. The number of rotatable bonds is 2. The Morgan fingerprint density at radius 3 is 2.48 bits per heavy atom. The van der Waals surface area contributed by atoms with E-state index in [0.717, 1.165) is 17.7 Å². The van der Waals surface area contributed by atoms with Crippen LogP contribution in [0.1, 0.15) is 11.1 Å². The number of carbonyl (C=O) groups excluding carboxylic acids is 2. The zero-order chi connectivity index (χ0) is 19.1. The van der Waals surface area contributed by atoms with Gasteiger partial charge in [0.05, 0.1) is 5.39 Å². The molecule has 0 atom stereocenters. The van der Waals surface area contributed by atoms with Crippen LogP contribution >= 0.6 is 0 Å². The third kappa shape index (κ3) is 2.67. The second-order valence-corrected chi connectivity index (χ2v) is 6.18. The summed E-state index contributed by atoms with van der Waals surface area (Å²) in [5.41, 5.74) is -0.351. The normalized spacial score (nSPS) is 14.3. The first-order chi connectivity index (χ1) is 13.0. The van der Waals surface area contributed by atoms with Gasteiger partial charge >= 0.3 is 5.63 Å². The Morgan fingerprint density at radius 2 is 1.70 bits per heavy atom. The van der Waals surface area contributed by atoms with Gasteiger partial charge in [0.1, 0.15) is 22.5 Å². The Morgan fingerprint density at radius 1 is 0.963 bits per heavy atom. The highest BCUT2D eigenvalue weighted by atomic mass is 16.4. The lowest BCUT2D eigenvalue weighted by Gasteiger charge is -2.12. The molecule has 0 saturated carbocycles. The average molecular weight is 360 g/mol. The predicted octanol–water partition coefficient (Wildman–Crippen LogP) is 2.17. The fourth-order valence-electron chi connectivity index (χ4n) is 3.14. The summed E-state index contributed by atoms with van der Waals surface area (Å²) >= 11 is 0. The lowest BCUT2D eigenvalue weighted by atomic mass is 9.92. The molecule has 0 spiro atoms. The number of aryl methyl sites for hydroxylation is 1. The first-order valence-corrected chi connectivity index (χ1v) is 8.22. The third-order valence-electron chi connectivity index (χ3n) is 4.35. The van der Waals surface area contributed by atoms with E-state index in [2.05, 4.69) is 0 Å². The van der Waals surface area contributed by atoms with E-state index in [1.807, 2.05) is 13.0 Å². The van der Waals surface area contributed by atoms with Gasteiger partial charge in [0.2, 0.25) is 0 Å². The van der Waals surface area contributed by atoms with Crippen molar-refractivity contribution in [2.75, 3.05) is 0 Å². The average Bonchev–Trinajstić information content (AvgIpc) is 2.64. The van der Waals surface area contributed by atoms with E-state index in [9.17, 15) is 19.5 Å². The van der Waals surface area contributed by atoms with Crippen LogP contribution in [0, 0.1) is 6.92 Å². The van der Waals surface area contributed by atoms with E-state index < -0.39 is 17.2 Å². The largest absolute Gasteiger partial charge is 0.506 e. The minimum atomic E-state index is -0.886. The second kappa shape index (κ2) is 6.17. The summed E-state index contributed by atoms with van der Waals surface area (Å²) in [6.07, 6.45) is 5.51. The Labute approximate surface area is 153 Å². The van der Waals surface area contributed by atoms with E-state index in [1.54, 1.807) is 42.7 Å². The number of hydrogen-bond acceptors (Lipinski definition) is 5. The van der Waals surface area contributed by atoms with Crippen molar-refractivity contribution >= 4 is 33.8 Å². The van der Waals surface area contributed by atoms with Crippen molar-refractivity contribution in [1.29, 1.82) is 0 Å². The van der Waals surface area contributed by atoms with E-state index in [-0.39, 0.29) is 33.6 Å². The van der Waals surface area contributed by atoms with Crippen molar-refractivity contribution in [2.45, 2.75) is 6.92 Å². The van der Waals surface area contributed by atoms with E-state index in [1.165, 1.54) is 4.57 Å². The summed E-state index contributed by atoms with van der Waals surface area (Å²) in [4.78, 5) is 37.8. The summed E-state index contributed by atoms with van der Waals surface area (Å²) in [6, 6.07) is 10.0. The van der Waals surface area contributed by atoms with Crippen LogP contribution in [0.15, 0.2) is 70.2 Å². The maximum Gasteiger partial charge on any atom is 0.348 e. The number of benzene rings is 1. The lowest BCUT2D eigenvalue weighted by Crippen LogP contribution is -2.39. The lowest BCUT2D eigenvalue weighted by molar-refractivity contribution is -0.577. The van der Waals surface area contributed by atoms with Crippen LogP contribution in [0.4, 0.5) is 0 Å². The van der Waals surface area contributed by atoms with E-state index in [4.69, 9.17) is 4.42 Å². The number of aromatic nitrogens is 1. The first-order valence-electron chi connectivity index (χ1n) is 8.22. The van der Waals surface area contributed by atoms with Gasteiger partial charge in [-0.1, -0.05) is 12.1 Å². The van der Waals surface area contributed by atoms with Gasteiger partial charge in [-0.25, -0.2) is 4.79 Å². The summed E-state index contributed by atoms with van der Waals surface area (Å²) in [6.45, 7) is 1.84. The monoisotopic (exact) mass is 360 g/mol. The molecule has 1 N–H and O–H groups in total. The van der Waals surface area contributed by atoms with Crippen molar-refractivity contribution in [3.05, 3.63) is 82.5 Å². The van der Waals surface area contributed by atoms with Crippen molar-refractivity contribution in [3.8, 4) is 5.75 Å². The SMILES string of the molecule is Cc1ccc[n+](C2=C(c3c(O)c4ccccc4oc3=O)C(=O)C=CC2=O)c1. The molecule has 4 rings (SSSR count). The van der Waals surface area contributed by atoms with Crippen LogP contribution < -0.4 is 10.2 Å². The minimum absolute atomic E-state index is 0.0101. The molecule has 0 saturated heterocycles. The van der Waals surface area contributed by atoms with Gasteiger partial charge < -0.3 is 9.52 Å². The molecule has 0 fully saturated rings. The number of hydrogen-bond donors (Lipinski definition) is 1. The highest BCUT2D eigenvalue weighted by Crippen LogP contribution is 2.33. The van der Waals surface area contributed by atoms with Gasteiger partial charge in [-0.05, 0) is 37.3 Å². The zero-order valence-electron chi connectivity index (χ0n) is 14.3. The van der Waals surface area contributed by atoms with Crippen LogP contribution in [0.5, 0.6) is 5.75 Å². The van der Waals surface area contributed by atoms with Gasteiger partial charge in [-0.3, -0.25) is 9.59 Å². The van der Waals surface area contributed by atoms with Crippen LogP contribution in [0.3, 0.4) is 0 Å². The Balaban J connectivity index is 2.12. The highest BCUT2D eigenvalue weighted by molar-refractivity contribution is 6.44. The minimum Gasteiger partial charge on any atom is -0.506 e. The van der Waals surface area contributed by atoms with Gasteiger partial charge in [-0.2, -0.15) is 4.57 Å². The molecule has 2 heterocycles. The smallest absolute Gasteiger partial charge is 0.348 e. The second-order valence-electron chi connectivity index (χ2n) is 6.18. The summed E-state index contributed by atoms with van der Waals surface area (Å²) in [7, 11) is 0. The van der Waals surface area contributed by atoms with Crippen molar-refractivity contribution in [2.24, 2.45) is 0 Å². The molecule has 0 unspecified atom stereocenters. The van der Waals surface area contributed by atoms with Crippen molar-refractivity contribution in [3.63, 3.8) is 0 Å². The van der Waals surface area contributed by atoms with Gasteiger partial charge in [0.15, 0.2) is 18.2 Å². The van der Waals surface area contributed by atoms with Crippen LogP contribution in [-0.4, -0.2) is 16.7 Å². The van der Waals surface area contributed by atoms with Gasteiger partial charge in [-0.15, -0.1) is 0 Å². The van der Waals surface area contributed by atoms with Crippen LogP contribution in [0.25, 0.3) is 22.2 Å². The number of ketones is 2. The Hall–Kier alpha value is -3.80. The third-order valence-corrected chi connectivity index (χ3v) is 4.35. The molecular formula is C21H14NO5+. The first kappa shape index (κ1) is 16.7. The molecule has 0 radical (unpaired) electrons. The molecule has 27 heavy (non-hydrogen) atoms. The number of allylic oxidation sites excluding steroid dienone is 4. The standard InChI is InChI=1S/C21H13NO5/c1-12-5-4-10-22(11-12)19-15(24)9-8-14(23)17(19)18-20(25)13-6-2-3-7-16(13)27-21(18)26/h2-11H,1H3/p+1. The Bertz CT molecular complexity index is 1250. The number of fused-ring (bicyclic) bond motifs is 1. The van der Waals surface area contributed by atoms with Crippen LogP contribution in [-0.2, 0) is 9.59 Å². The maximum absolute atomic E-state index is 12.6. The molecule has 1 aliphatic rings.